The molecule has 0 bridgehead atoms. The lowest BCUT2D eigenvalue weighted by Gasteiger charge is -2.16. The van der Waals surface area contributed by atoms with Gasteiger partial charge in [0.2, 0.25) is 0 Å². The lowest BCUT2D eigenvalue weighted by Crippen LogP contribution is -2.31. The van der Waals surface area contributed by atoms with Gasteiger partial charge in [-0.25, -0.2) is 4.79 Å². The number of amides is 1. The lowest BCUT2D eigenvalue weighted by molar-refractivity contribution is -0.155. The molecule has 0 spiro atoms. The minimum Gasteiger partial charge on any atom is -0.482 e. The summed E-state index contributed by atoms with van der Waals surface area (Å²) in [5.41, 5.74) is 1.18. The number of nitrogens with one attached hydrogen (secondary N) is 1. The Kier molecular flexibility index (Phi) is 7.94. The zero-order chi connectivity index (χ0) is 21.4. The summed E-state index contributed by atoms with van der Waals surface area (Å²) in [5.74, 6) is -0.739. The molecule has 29 heavy (non-hydrogen) atoms. The smallest absolute Gasteiger partial charge is 0.387 e. The number of rotatable bonds is 9. The Labute approximate surface area is 167 Å². The largest absolute Gasteiger partial charge is 0.482 e. The van der Waals surface area contributed by atoms with E-state index >= 15 is 0 Å². The fraction of sp³-hybridized carbons (Fsp3) is 0.333. The maximum Gasteiger partial charge on any atom is 0.387 e. The van der Waals surface area contributed by atoms with E-state index in [1.807, 2.05) is 12.1 Å². The Balaban J connectivity index is 1.85. The molecule has 0 heterocycles. The van der Waals surface area contributed by atoms with Crippen molar-refractivity contribution in [2.24, 2.45) is 0 Å². The molecule has 1 amide bonds. The third-order valence-electron chi connectivity index (χ3n) is 3.94. The fourth-order valence-corrected chi connectivity index (χ4v) is 2.38. The molecule has 2 rings (SSSR count). The zero-order valence-corrected chi connectivity index (χ0v) is 16.4. The Morgan fingerprint density at radius 3 is 2.28 bits per heavy atom. The first-order chi connectivity index (χ1) is 13.8. The summed E-state index contributed by atoms with van der Waals surface area (Å²) in [4.78, 5) is 24.1. The summed E-state index contributed by atoms with van der Waals surface area (Å²) in [6.07, 6.45) is -1.16. The molecule has 0 aliphatic rings. The second kappa shape index (κ2) is 10.4. The van der Waals surface area contributed by atoms with Crippen LogP contribution in [0.5, 0.6) is 11.5 Å². The first-order valence-corrected chi connectivity index (χ1v) is 9.03. The van der Waals surface area contributed by atoms with Gasteiger partial charge in [-0.15, -0.1) is 0 Å². The van der Waals surface area contributed by atoms with Crippen LogP contribution < -0.4 is 14.8 Å². The van der Waals surface area contributed by atoms with Crippen LogP contribution in [0.15, 0.2) is 48.5 Å². The van der Waals surface area contributed by atoms with E-state index in [0.29, 0.717) is 11.7 Å². The van der Waals surface area contributed by atoms with Crippen LogP contribution in [0.1, 0.15) is 32.3 Å². The summed E-state index contributed by atoms with van der Waals surface area (Å²) in [6.45, 7) is 2.09. The number of hydrogen-bond donors (Lipinski definition) is 1. The predicted octanol–water partition coefficient (Wildman–Crippen LogP) is 4.36. The summed E-state index contributed by atoms with van der Waals surface area (Å²) in [7, 11) is 0. The van der Waals surface area contributed by atoms with Gasteiger partial charge in [0.25, 0.3) is 5.91 Å². The van der Waals surface area contributed by atoms with E-state index in [-0.39, 0.29) is 18.0 Å². The van der Waals surface area contributed by atoms with Crippen molar-refractivity contribution in [3.8, 4) is 11.5 Å². The molecule has 156 valence electrons. The molecule has 0 aliphatic carbocycles. The fourth-order valence-electron chi connectivity index (χ4n) is 2.38. The quantitative estimate of drug-likeness (QED) is 0.625. The number of anilines is 1. The van der Waals surface area contributed by atoms with Crippen LogP contribution in [-0.4, -0.2) is 31.2 Å². The maximum absolute atomic E-state index is 12.4. The second-order valence-electron chi connectivity index (χ2n) is 6.51. The average molecular weight is 407 g/mol. The number of carbonyl (C=O) groups excluding carboxylic acids is 2. The molecule has 2 aromatic carbocycles. The van der Waals surface area contributed by atoms with Crippen LogP contribution in [0.4, 0.5) is 14.5 Å². The molecule has 8 heteroatoms. The number of para-hydroxylation sites is 2. The van der Waals surface area contributed by atoms with E-state index in [1.165, 1.54) is 25.1 Å². The molecule has 0 unspecified atom stereocenters. The van der Waals surface area contributed by atoms with Gasteiger partial charge in [0, 0.05) is 0 Å². The van der Waals surface area contributed by atoms with Crippen molar-refractivity contribution in [3.05, 3.63) is 54.1 Å². The first kappa shape index (κ1) is 22.1. The average Bonchev–Trinajstić information content (AvgIpc) is 2.67. The molecule has 1 N–H and O–H groups in total. The number of carbonyl (C=O) groups is 2. The first-order valence-electron chi connectivity index (χ1n) is 9.03. The highest BCUT2D eigenvalue weighted by Crippen LogP contribution is 2.25. The predicted molar refractivity (Wildman–Crippen MR) is 103 cm³/mol. The Morgan fingerprint density at radius 1 is 1.00 bits per heavy atom. The Bertz CT molecular complexity index is 824. The van der Waals surface area contributed by atoms with Crippen LogP contribution in [0.25, 0.3) is 0 Å². The number of halogens is 2. The van der Waals surface area contributed by atoms with Crippen molar-refractivity contribution in [1.82, 2.24) is 0 Å². The summed E-state index contributed by atoms with van der Waals surface area (Å²) in [6, 6.07) is 13.0. The lowest BCUT2D eigenvalue weighted by atomic mass is 10.0. The summed E-state index contributed by atoms with van der Waals surface area (Å²) >= 11 is 0. The van der Waals surface area contributed by atoms with Crippen LogP contribution in [0.3, 0.4) is 0 Å². The molecule has 0 saturated heterocycles. The van der Waals surface area contributed by atoms with E-state index in [2.05, 4.69) is 23.9 Å². The van der Waals surface area contributed by atoms with Gasteiger partial charge >= 0.3 is 12.6 Å². The number of hydrogen-bond acceptors (Lipinski definition) is 5. The van der Waals surface area contributed by atoms with Crippen molar-refractivity contribution < 1.29 is 32.6 Å². The van der Waals surface area contributed by atoms with Gasteiger partial charge in [0.1, 0.15) is 11.5 Å². The summed E-state index contributed by atoms with van der Waals surface area (Å²) < 4.78 is 39.6. The zero-order valence-electron chi connectivity index (χ0n) is 16.4. The molecule has 0 aromatic heterocycles. The highest BCUT2D eigenvalue weighted by atomic mass is 19.3. The highest BCUT2D eigenvalue weighted by Gasteiger charge is 2.20. The molecule has 0 saturated carbocycles. The summed E-state index contributed by atoms with van der Waals surface area (Å²) in [5, 5.41) is 2.40. The molecule has 0 fully saturated rings. The second-order valence-corrected chi connectivity index (χ2v) is 6.51. The van der Waals surface area contributed by atoms with Gasteiger partial charge in [-0.05, 0) is 42.7 Å². The number of ether oxygens (including phenoxy) is 3. The van der Waals surface area contributed by atoms with Crippen molar-refractivity contribution in [2.45, 2.75) is 39.4 Å². The van der Waals surface area contributed by atoms with Crippen LogP contribution in [0.2, 0.25) is 0 Å². The van der Waals surface area contributed by atoms with Gasteiger partial charge in [-0.2, -0.15) is 8.78 Å². The van der Waals surface area contributed by atoms with Gasteiger partial charge in [-0.3, -0.25) is 4.79 Å². The van der Waals surface area contributed by atoms with E-state index in [9.17, 15) is 18.4 Å². The van der Waals surface area contributed by atoms with Gasteiger partial charge in [0.15, 0.2) is 12.7 Å². The van der Waals surface area contributed by atoms with E-state index in [1.54, 1.807) is 18.2 Å². The normalized spacial score (nSPS) is 11.8. The molecule has 1 atom stereocenters. The number of esters is 1. The maximum atomic E-state index is 12.4. The van der Waals surface area contributed by atoms with Crippen molar-refractivity contribution in [1.29, 1.82) is 0 Å². The highest BCUT2D eigenvalue weighted by molar-refractivity contribution is 5.96. The van der Waals surface area contributed by atoms with Crippen molar-refractivity contribution >= 4 is 17.6 Å². The Morgan fingerprint density at radius 2 is 1.66 bits per heavy atom. The number of benzene rings is 2. The van der Waals surface area contributed by atoms with Gasteiger partial charge < -0.3 is 19.5 Å². The minimum atomic E-state index is -3.03. The van der Waals surface area contributed by atoms with Crippen LogP contribution in [-0.2, 0) is 14.3 Å². The minimum absolute atomic E-state index is 0.0437. The van der Waals surface area contributed by atoms with E-state index < -0.39 is 24.6 Å². The van der Waals surface area contributed by atoms with Gasteiger partial charge in [-0.1, -0.05) is 38.1 Å². The number of alkyl halides is 2. The van der Waals surface area contributed by atoms with Crippen LogP contribution in [0, 0.1) is 0 Å². The molecule has 2 aromatic rings. The van der Waals surface area contributed by atoms with E-state index in [0.717, 1.165) is 5.56 Å². The van der Waals surface area contributed by atoms with Crippen molar-refractivity contribution in [3.63, 3.8) is 0 Å². The molecule has 6 nitrogen and oxygen atoms in total. The third-order valence-corrected chi connectivity index (χ3v) is 3.94. The Hall–Kier alpha value is -3.16. The molecule has 0 aliphatic heterocycles. The van der Waals surface area contributed by atoms with Crippen LogP contribution >= 0.6 is 0 Å². The topological polar surface area (TPSA) is 73.9 Å². The standard InChI is InChI=1S/C21H23F2NO5/c1-13(2)15-8-10-16(11-9-15)27-12-19(25)28-14(3)20(26)24-17-6-4-5-7-18(17)29-21(22)23/h4-11,13-14,21H,12H2,1-3H3,(H,24,26)/t14-/m0/s1. The van der Waals surface area contributed by atoms with Crippen molar-refractivity contribution in [2.75, 3.05) is 11.9 Å². The monoisotopic (exact) mass is 407 g/mol. The molecular weight excluding hydrogens is 384 g/mol. The van der Waals surface area contributed by atoms with Gasteiger partial charge in [0.05, 0.1) is 5.69 Å². The molecule has 0 radical (unpaired) electrons. The SMILES string of the molecule is CC(C)c1ccc(OCC(=O)O[C@@H](C)C(=O)Nc2ccccc2OC(F)F)cc1. The van der Waals surface area contributed by atoms with E-state index in [4.69, 9.17) is 9.47 Å². The molecular formula is C21H23F2NO5. The third kappa shape index (κ3) is 7.06.